The number of anilines is 2. The average molecular weight is 341 g/mol. The number of rotatable bonds is 4. The van der Waals surface area contributed by atoms with Gasteiger partial charge in [0.1, 0.15) is 6.04 Å². The van der Waals surface area contributed by atoms with Crippen molar-refractivity contribution in [3.8, 4) is 0 Å². The van der Waals surface area contributed by atoms with E-state index in [1.165, 1.54) is 0 Å². The first-order valence-corrected chi connectivity index (χ1v) is 7.95. The standard InChI is InChI=1S/C17H19N5O3/c1-10-9-14(21-22(10)2)20-15(23)8-7-13-17(25)18-12-6-4-3-5-11(12)16(24)19-13/h3-6,9,13H,7-8H2,1-2H3,(H,18,25)(H,19,24)(H,20,21,23). The Hall–Kier alpha value is -3.16. The van der Waals surface area contributed by atoms with Crippen molar-refractivity contribution in [1.29, 1.82) is 0 Å². The molecule has 0 saturated carbocycles. The molecule has 1 atom stereocenters. The molecule has 0 fully saturated rings. The van der Waals surface area contributed by atoms with Gasteiger partial charge in [-0.2, -0.15) is 5.10 Å². The number of nitrogens with one attached hydrogen (secondary N) is 3. The molecule has 0 spiro atoms. The topological polar surface area (TPSA) is 105 Å². The molecule has 2 aromatic rings. The molecule has 0 aliphatic carbocycles. The number of aryl methyl sites for hydroxylation is 2. The molecule has 1 aliphatic heterocycles. The Labute approximate surface area is 144 Å². The van der Waals surface area contributed by atoms with Crippen LogP contribution in [-0.2, 0) is 16.6 Å². The van der Waals surface area contributed by atoms with Crippen LogP contribution >= 0.6 is 0 Å². The van der Waals surface area contributed by atoms with Gasteiger partial charge in [0, 0.05) is 25.2 Å². The van der Waals surface area contributed by atoms with Crippen molar-refractivity contribution in [2.45, 2.75) is 25.8 Å². The number of hydrogen-bond donors (Lipinski definition) is 3. The van der Waals surface area contributed by atoms with E-state index >= 15 is 0 Å². The average Bonchev–Trinajstić information content (AvgIpc) is 2.82. The van der Waals surface area contributed by atoms with Crippen LogP contribution in [0.5, 0.6) is 0 Å². The number of fused-ring (bicyclic) bond motifs is 1. The number of aromatic nitrogens is 2. The van der Waals surface area contributed by atoms with E-state index < -0.39 is 6.04 Å². The number of amides is 3. The van der Waals surface area contributed by atoms with Crippen molar-refractivity contribution >= 4 is 29.2 Å². The summed E-state index contributed by atoms with van der Waals surface area (Å²) in [6.07, 6.45) is 0.285. The first kappa shape index (κ1) is 16.7. The minimum atomic E-state index is -0.767. The summed E-state index contributed by atoms with van der Waals surface area (Å²) < 4.78 is 1.66. The van der Waals surface area contributed by atoms with Gasteiger partial charge in [0.05, 0.1) is 11.3 Å². The van der Waals surface area contributed by atoms with Crippen LogP contribution in [0.15, 0.2) is 30.3 Å². The normalized spacial score (nSPS) is 16.5. The van der Waals surface area contributed by atoms with Gasteiger partial charge in [-0.05, 0) is 25.5 Å². The molecule has 8 nitrogen and oxygen atoms in total. The van der Waals surface area contributed by atoms with Crippen LogP contribution in [0.1, 0.15) is 28.9 Å². The maximum Gasteiger partial charge on any atom is 0.254 e. The van der Waals surface area contributed by atoms with Crippen molar-refractivity contribution < 1.29 is 14.4 Å². The van der Waals surface area contributed by atoms with E-state index in [1.807, 2.05) is 6.92 Å². The Bertz CT molecular complexity index is 823. The molecule has 130 valence electrons. The largest absolute Gasteiger partial charge is 0.340 e. The number of carbonyl (C=O) groups excluding carboxylic acids is 3. The summed E-state index contributed by atoms with van der Waals surface area (Å²) in [4.78, 5) is 36.6. The summed E-state index contributed by atoms with van der Waals surface area (Å²) in [6, 6.07) is 7.78. The van der Waals surface area contributed by atoms with Gasteiger partial charge >= 0.3 is 0 Å². The van der Waals surface area contributed by atoms with E-state index in [4.69, 9.17) is 0 Å². The Balaban J connectivity index is 1.60. The molecular weight excluding hydrogens is 322 g/mol. The van der Waals surface area contributed by atoms with Crippen molar-refractivity contribution in [1.82, 2.24) is 15.1 Å². The Morgan fingerprint density at radius 1 is 1.32 bits per heavy atom. The predicted molar refractivity (Wildman–Crippen MR) is 92.1 cm³/mol. The molecule has 1 aliphatic rings. The molecule has 3 N–H and O–H groups in total. The highest BCUT2D eigenvalue weighted by molar-refractivity contribution is 6.09. The van der Waals surface area contributed by atoms with E-state index in [1.54, 1.807) is 42.1 Å². The van der Waals surface area contributed by atoms with E-state index in [2.05, 4.69) is 21.0 Å². The number of carbonyl (C=O) groups is 3. The lowest BCUT2D eigenvalue weighted by molar-refractivity contribution is -0.118. The second-order valence-corrected chi connectivity index (χ2v) is 5.94. The third kappa shape index (κ3) is 3.68. The lowest BCUT2D eigenvalue weighted by Crippen LogP contribution is -2.41. The molecule has 1 unspecified atom stereocenters. The van der Waals surface area contributed by atoms with Crippen LogP contribution in [0.2, 0.25) is 0 Å². The summed E-state index contributed by atoms with van der Waals surface area (Å²) in [7, 11) is 1.79. The van der Waals surface area contributed by atoms with Gasteiger partial charge in [-0.15, -0.1) is 0 Å². The minimum absolute atomic E-state index is 0.0876. The molecule has 8 heteroatoms. The van der Waals surface area contributed by atoms with Gasteiger partial charge in [0.25, 0.3) is 5.91 Å². The third-order valence-corrected chi connectivity index (χ3v) is 4.09. The monoisotopic (exact) mass is 341 g/mol. The fourth-order valence-electron chi connectivity index (χ4n) is 2.62. The van der Waals surface area contributed by atoms with Crippen LogP contribution in [0, 0.1) is 6.92 Å². The lowest BCUT2D eigenvalue weighted by atomic mass is 10.1. The fourth-order valence-corrected chi connectivity index (χ4v) is 2.62. The van der Waals surface area contributed by atoms with Crippen LogP contribution < -0.4 is 16.0 Å². The van der Waals surface area contributed by atoms with E-state index in [-0.39, 0.29) is 30.6 Å². The predicted octanol–water partition coefficient (Wildman–Crippen LogP) is 1.20. The molecule has 2 heterocycles. The van der Waals surface area contributed by atoms with Crippen LogP contribution in [-0.4, -0.2) is 33.5 Å². The number of benzene rings is 1. The summed E-state index contributed by atoms with van der Waals surface area (Å²) in [5.74, 6) is -0.465. The Morgan fingerprint density at radius 2 is 2.08 bits per heavy atom. The highest BCUT2D eigenvalue weighted by atomic mass is 16.2. The third-order valence-electron chi connectivity index (χ3n) is 4.09. The van der Waals surface area contributed by atoms with E-state index in [0.29, 0.717) is 17.1 Å². The number of nitrogens with zero attached hydrogens (tertiary/aromatic N) is 2. The molecule has 25 heavy (non-hydrogen) atoms. The van der Waals surface area contributed by atoms with Crippen LogP contribution in [0.25, 0.3) is 0 Å². The van der Waals surface area contributed by atoms with Crippen molar-refractivity contribution in [3.63, 3.8) is 0 Å². The van der Waals surface area contributed by atoms with Crippen LogP contribution in [0.4, 0.5) is 11.5 Å². The van der Waals surface area contributed by atoms with Gasteiger partial charge in [-0.1, -0.05) is 12.1 Å². The first-order valence-electron chi connectivity index (χ1n) is 7.95. The van der Waals surface area contributed by atoms with Gasteiger partial charge in [0.15, 0.2) is 5.82 Å². The molecule has 3 amide bonds. The second kappa shape index (κ2) is 6.76. The van der Waals surface area contributed by atoms with Gasteiger partial charge in [-0.25, -0.2) is 0 Å². The zero-order valence-electron chi connectivity index (χ0n) is 14.0. The van der Waals surface area contributed by atoms with E-state index in [9.17, 15) is 14.4 Å². The highest BCUT2D eigenvalue weighted by Crippen LogP contribution is 2.19. The molecule has 0 saturated heterocycles. The molecule has 1 aromatic carbocycles. The maximum atomic E-state index is 12.3. The quantitative estimate of drug-likeness (QED) is 0.777. The Morgan fingerprint density at radius 3 is 2.80 bits per heavy atom. The van der Waals surface area contributed by atoms with Crippen LogP contribution in [0.3, 0.4) is 0 Å². The van der Waals surface area contributed by atoms with Gasteiger partial charge in [-0.3, -0.25) is 19.1 Å². The SMILES string of the molecule is Cc1cc(NC(=O)CCC2NC(=O)c3ccccc3NC2=O)nn1C. The molecule has 0 radical (unpaired) electrons. The first-order chi connectivity index (χ1) is 11.9. The molecule has 3 rings (SSSR count). The van der Waals surface area contributed by atoms with Crippen molar-refractivity contribution in [2.24, 2.45) is 7.05 Å². The maximum absolute atomic E-state index is 12.3. The molecule has 0 bridgehead atoms. The van der Waals surface area contributed by atoms with Gasteiger partial charge < -0.3 is 16.0 Å². The Kier molecular flexibility index (Phi) is 4.51. The van der Waals surface area contributed by atoms with Crippen molar-refractivity contribution in [2.75, 3.05) is 10.6 Å². The minimum Gasteiger partial charge on any atom is -0.340 e. The summed E-state index contributed by atoms with van der Waals surface area (Å²) >= 11 is 0. The zero-order chi connectivity index (χ0) is 18.0. The highest BCUT2D eigenvalue weighted by Gasteiger charge is 2.27. The number of hydrogen-bond acceptors (Lipinski definition) is 4. The lowest BCUT2D eigenvalue weighted by Gasteiger charge is -2.13. The van der Waals surface area contributed by atoms with E-state index in [0.717, 1.165) is 5.69 Å². The fraction of sp³-hybridized carbons (Fsp3) is 0.294. The summed E-state index contributed by atoms with van der Waals surface area (Å²) in [6.45, 7) is 1.88. The summed E-state index contributed by atoms with van der Waals surface area (Å²) in [5, 5.41) is 12.2. The van der Waals surface area contributed by atoms with Gasteiger partial charge in [0.2, 0.25) is 11.8 Å². The number of para-hydroxylation sites is 1. The summed E-state index contributed by atoms with van der Waals surface area (Å²) in [5.41, 5.74) is 1.80. The second-order valence-electron chi connectivity index (χ2n) is 5.94. The molecular formula is C17H19N5O3. The van der Waals surface area contributed by atoms with Crippen molar-refractivity contribution in [3.05, 3.63) is 41.6 Å². The molecule has 1 aromatic heterocycles. The smallest absolute Gasteiger partial charge is 0.254 e. The zero-order valence-corrected chi connectivity index (χ0v) is 14.0.